The third kappa shape index (κ3) is 1.60. The van der Waals surface area contributed by atoms with Crippen molar-refractivity contribution >= 4 is 22.5 Å². The molecule has 16 heavy (non-hydrogen) atoms. The molecule has 0 saturated heterocycles. The third-order valence-corrected chi connectivity index (χ3v) is 4.56. The predicted octanol–water partition coefficient (Wildman–Crippen LogP) is 4.47. The van der Waals surface area contributed by atoms with E-state index in [4.69, 9.17) is 0 Å². The fourth-order valence-corrected chi connectivity index (χ4v) is 3.58. The molecular formula is C15H15S+. The Morgan fingerprint density at radius 1 is 1.19 bits per heavy atom. The second-order valence-corrected chi connectivity index (χ2v) is 6.44. The minimum Gasteiger partial charge on any atom is -0.0712 e. The van der Waals surface area contributed by atoms with Gasteiger partial charge in [-0.2, -0.15) is 0 Å². The van der Waals surface area contributed by atoms with E-state index in [0.29, 0.717) is 0 Å². The van der Waals surface area contributed by atoms with Gasteiger partial charge in [-0.25, -0.2) is 0 Å². The Morgan fingerprint density at radius 2 is 2.00 bits per heavy atom. The van der Waals surface area contributed by atoms with E-state index in [0.717, 1.165) is 6.42 Å². The third-order valence-electron chi connectivity index (χ3n) is 3.26. The number of hydrogen-bond donors (Lipinski definition) is 0. The monoisotopic (exact) mass is 227 g/mol. The summed E-state index contributed by atoms with van der Waals surface area (Å²) in [5.41, 5.74) is 1.52. The summed E-state index contributed by atoms with van der Waals surface area (Å²) in [6.45, 7) is 6.50. The lowest BCUT2D eigenvalue weighted by atomic mass is 9.96. The first-order valence-electron chi connectivity index (χ1n) is 5.71. The van der Waals surface area contributed by atoms with E-state index in [-0.39, 0.29) is 4.75 Å². The van der Waals surface area contributed by atoms with Gasteiger partial charge in [-0.3, -0.25) is 0 Å². The van der Waals surface area contributed by atoms with Crippen LogP contribution in [0.5, 0.6) is 0 Å². The number of hydrogen-bond acceptors (Lipinski definition) is 1. The van der Waals surface area contributed by atoms with Crippen LogP contribution in [0.4, 0.5) is 0 Å². The van der Waals surface area contributed by atoms with Crippen LogP contribution in [0.2, 0.25) is 0 Å². The first-order valence-corrected chi connectivity index (χ1v) is 6.52. The molecule has 3 rings (SSSR count). The number of aryl methyl sites for hydroxylation is 1. The van der Waals surface area contributed by atoms with Crippen LogP contribution in [0.3, 0.4) is 0 Å². The SMILES string of the molecule is [CH2+]C1(C)CCc2c(ccc3ccccc23)S1. The maximum Gasteiger partial charge on any atom is 0.152 e. The molecule has 1 aliphatic rings. The summed E-state index contributed by atoms with van der Waals surface area (Å²) in [5, 5.41) is 2.78. The summed E-state index contributed by atoms with van der Waals surface area (Å²) < 4.78 is 0.148. The zero-order valence-electron chi connectivity index (χ0n) is 9.49. The molecule has 2 aromatic rings. The Bertz CT molecular complexity index is 540. The predicted molar refractivity (Wildman–Crippen MR) is 71.9 cm³/mol. The Hall–Kier alpha value is -1.08. The lowest BCUT2D eigenvalue weighted by molar-refractivity contribution is 0.674. The molecule has 1 aliphatic heterocycles. The van der Waals surface area contributed by atoms with Gasteiger partial charge in [-0.05, 0) is 35.7 Å². The fraction of sp³-hybridized carbons (Fsp3) is 0.267. The van der Waals surface area contributed by atoms with Crippen LogP contribution in [-0.2, 0) is 6.42 Å². The highest BCUT2D eigenvalue weighted by molar-refractivity contribution is 8.00. The molecule has 2 aromatic carbocycles. The van der Waals surface area contributed by atoms with Gasteiger partial charge < -0.3 is 0 Å². The molecule has 1 unspecified atom stereocenters. The molecule has 80 valence electrons. The zero-order valence-corrected chi connectivity index (χ0v) is 10.3. The Morgan fingerprint density at radius 3 is 2.88 bits per heavy atom. The van der Waals surface area contributed by atoms with Crippen molar-refractivity contribution in [1.29, 1.82) is 0 Å². The zero-order chi connectivity index (χ0) is 11.2. The van der Waals surface area contributed by atoms with Gasteiger partial charge >= 0.3 is 0 Å². The van der Waals surface area contributed by atoms with Gasteiger partial charge in [0.25, 0.3) is 0 Å². The Balaban J connectivity index is 2.22. The molecule has 0 saturated carbocycles. The molecule has 0 aliphatic carbocycles. The number of fused-ring (bicyclic) bond motifs is 3. The van der Waals surface area contributed by atoms with Crippen molar-refractivity contribution in [2.45, 2.75) is 29.4 Å². The van der Waals surface area contributed by atoms with Gasteiger partial charge in [-0.1, -0.05) is 42.1 Å². The van der Waals surface area contributed by atoms with Crippen molar-refractivity contribution in [3.8, 4) is 0 Å². The molecule has 0 aromatic heterocycles. The molecule has 0 fully saturated rings. The molecule has 0 N–H and O–H groups in total. The van der Waals surface area contributed by atoms with Gasteiger partial charge in [0.1, 0.15) is 0 Å². The van der Waals surface area contributed by atoms with Gasteiger partial charge in [0.15, 0.2) is 4.75 Å². The lowest BCUT2D eigenvalue weighted by Crippen LogP contribution is -2.20. The van der Waals surface area contributed by atoms with Crippen LogP contribution in [-0.4, -0.2) is 4.75 Å². The second kappa shape index (κ2) is 3.46. The average molecular weight is 227 g/mol. The molecule has 0 amide bonds. The summed E-state index contributed by atoms with van der Waals surface area (Å²) in [5.74, 6) is 0. The standard InChI is InChI=1S/C15H15S/c1-15(2)10-9-13-12-6-4-3-5-11(12)7-8-14(13)16-15/h3-8H,1,9-10H2,2H3/q+1. The normalized spacial score (nSPS) is 24.3. The van der Waals surface area contributed by atoms with Crippen molar-refractivity contribution in [1.82, 2.24) is 0 Å². The maximum absolute atomic E-state index is 4.27. The molecule has 1 atom stereocenters. The molecule has 0 nitrogen and oxygen atoms in total. The average Bonchev–Trinajstić information content (AvgIpc) is 2.27. The van der Waals surface area contributed by atoms with E-state index in [9.17, 15) is 0 Å². The number of benzene rings is 2. The van der Waals surface area contributed by atoms with Crippen molar-refractivity contribution in [2.24, 2.45) is 0 Å². The smallest absolute Gasteiger partial charge is 0.0712 e. The van der Waals surface area contributed by atoms with E-state index in [1.54, 1.807) is 0 Å². The Labute approximate surface area is 101 Å². The summed E-state index contributed by atoms with van der Waals surface area (Å²) in [4.78, 5) is 1.42. The maximum atomic E-state index is 4.27. The fourth-order valence-electron chi connectivity index (χ4n) is 2.38. The summed E-state index contributed by atoms with van der Waals surface area (Å²) in [7, 11) is 0. The molecular weight excluding hydrogens is 212 g/mol. The minimum atomic E-state index is 0.148. The van der Waals surface area contributed by atoms with E-state index in [2.05, 4.69) is 50.2 Å². The summed E-state index contributed by atoms with van der Waals surface area (Å²) >= 11 is 1.92. The van der Waals surface area contributed by atoms with E-state index in [1.165, 1.54) is 27.7 Å². The molecule has 1 heteroatoms. The lowest BCUT2D eigenvalue weighted by Gasteiger charge is -2.26. The van der Waals surface area contributed by atoms with Crippen LogP contribution < -0.4 is 0 Å². The van der Waals surface area contributed by atoms with Crippen molar-refractivity contribution < 1.29 is 0 Å². The van der Waals surface area contributed by atoms with Crippen LogP contribution in [0, 0.1) is 6.92 Å². The van der Waals surface area contributed by atoms with Crippen LogP contribution >= 0.6 is 11.8 Å². The van der Waals surface area contributed by atoms with Gasteiger partial charge in [-0.15, -0.1) is 0 Å². The topological polar surface area (TPSA) is 0 Å². The highest BCUT2D eigenvalue weighted by Crippen LogP contribution is 2.44. The van der Waals surface area contributed by atoms with Crippen LogP contribution in [0.1, 0.15) is 18.9 Å². The number of rotatable bonds is 0. The van der Waals surface area contributed by atoms with Crippen molar-refractivity contribution in [2.75, 3.05) is 0 Å². The first-order chi connectivity index (χ1) is 7.66. The molecule has 0 radical (unpaired) electrons. The second-order valence-electron chi connectivity index (χ2n) is 4.82. The van der Waals surface area contributed by atoms with Gasteiger partial charge in [0, 0.05) is 11.3 Å². The van der Waals surface area contributed by atoms with E-state index < -0.39 is 0 Å². The van der Waals surface area contributed by atoms with E-state index >= 15 is 0 Å². The number of thioether (sulfide) groups is 1. The minimum absolute atomic E-state index is 0.148. The largest absolute Gasteiger partial charge is 0.152 e. The van der Waals surface area contributed by atoms with Gasteiger partial charge in [0.2, 0.25) is 0 Å². The van der Waals surface area contributed by atoms with Gasteiger partial charge in [0.05, 0.1) is 6.92 Å². The van der Waals surface area contributed by atoms with Crippen LogP contribution in [0.25, 0.3) is 10.8 Å². The molecule has 0 spiro atoms. The Kier molecular flexibility index (Phi) is 2.18. The molecule has 1 heterocycles. The molecule has 0 bridgehead atoms. The van der Waals surface area contributed by atoms with Crippen molar-refractivity contribution in [3.63, 3.8) is 0 Å². The highest BCUT2D eigenvalue weighted by atomic mass is 32.2. The first kappa shape index (κ1) is 10.1. The highest BCUT2D eigenvalue weighted by Gasteiger charge is 2.32. The van der Waals surface area contributed by atoms with E-state index in [1.807, 2.05) is 11.8 Å². The summed E-state index contributed by atoms with van der Waals surface area (Å²) in [6, 6.07) is 13.1. The van der Waals surface area contributed by atoms with Crippen molar-refractivity contribution in [3.05, 3.63) is 48.9 Å². The quantitative estimate of drug-likeness (QED) is 0.598. The van der Waals surface area contributed by atoms with Crippen LogP contribution in [0.15, 0.2) is 41.3 Å². The summed E-state index contributed by atoms with van der Waals surface area (Å²) in [6.07, 6.45) is 2.32.